The zero-order valence-corrected chi connectivity index (χ0v) is 11.4. The number of hydrogen-bond donors (Lipinski definition) is 1. The Bertz CT molecular complexity index is 571. The molecule has 0 bridgehead atoms. The fourth-order valence-electron chi connectivity index (χ4n) is 2.54. The molecule has 1 fully saturated rings. The lowest BCUT2D eigenvalue weighted by Gasteiger charge is -2.18. The quantitative estimate of drug-likeness (QED) is 0.912. The third-order valence-electron chi connectivity index (χ3n) is 3.66. The summed E-state index contributed by atoms with van der Waals surface area (Å²) in [6.45, 7) is 1.69. The molecular weight excluding hydrogens is 252 g/mol. The minimum atomic E-state index is 0.0505. The van der Waals surface area contributed by atoms with E-state index in [2.05, 4.69) is 15.2 Å². The maximum Gasteiger partial charge on any atom is 0.271 e. The molecule has 0 unspecified atom stereocenters. The Labute approximate surface area is 118 Å². The van der Waals surface area contributed by atoms with Gasteiger partial charge < -0.3 is 4.90 Å². The van der Waals surface area contributed by atoms with Crippen molar-refractivity contribution in [2.45, 2.75) is 25.7 Å². The van der Waals surface area contributed by atoms with Crippen molar-refractivity contribution in [2.75, 3.05) is 13.1 Å². The number of aromatic amines is 1. The zero-order chi connectivity index (χ0) is 13.8. The molecule has 1 saturated heterocycles. The Kier molecular flexibility index (Phi) is 3.76. The van der Waals surface area contributed by atoms with Gasteiger partial charge in [0.25, 0.3) is 5.91 Å². The summed E-state index contributed by atoms with van der Waals surface area (Å²) in [5, 5.41) is 7.07. The predicted octanol–water partition coefficient (Wildman–Crippen LogP) is 2.49. The van der Waals surface area contributed by atoms with Crippen molar-refractivity contribution in [3.63, 3.8) is 0 Å². The fourth-order valence-corrected chi connectivity index (χ4v) is 2.54. The van der Waals surface area contributed by atoms with Gasteiger partial charge in [-0.1, -0.05) is 12.8 Å². The van der Waals surface area contributed by atoms with Crippen LogP contribution in [0.15, 0.2) is 30.6 Å². The molecule has 2 aromatic rings. The molecule has 0 saturated carbocycles. The topological polar surface area (TPSA) is 61.9 Å². The largest absolute Gasteiger partial charge is 0.337 e. The zero-order valence-electron chi connectivity index (χ0n) is 11.4. The van der Waals surface area contributed by atoms with Crippen LogP contribution in [-0.4, -0.2) is 39.1 Å². The Hall–Kier alpha value is -2.17. The number of aromatic nitrogens is 3. The molecule has 3 heterocycles. The van der Waals surface area contributed by atoms with Crippen LogP contribution in [0.25, 0.3) is 11.3 Å². The van der Waals surface area contributed by atoms with Gasteiger partial charge in [0.15, 0.2) is 0 Å². The van der Waals surface area contributed by atoms with Gasteiger partial charge in [-0.3, -0.25) is 14.9 Å². The van der Waals surface area contributed by atoms with Crippen molar-refractivity contribution in [1.29, 1.82) is 0 Å². The van der Waals surface area contributed by atoms with Crippen LogP contribution in [-0.2, 0) is 0 Å². The van der Waals surface area contributed by atoms with Crippen molar-refractivity contribution in [3.8, 4) is 11.3 Å². The first kappa shape index (κ1) is 12.8. The standard InChI is InChI=1S/C15H18N4O/c20-15(19-8-3-1-2-4-9-19)14-10-13(17-18-14)12-6-5-7-16-11-12/h5-7,10-11H,1-4,8-9H2,(H,17,18). The second-order valence-corrected chi connectivity index (χ2v) is 5.11. The summed E-state index contributed by atoms with van der Waals surface area (Å²) in [6.07, 6.45) is 8.09. The molecule has 0 aliphatic carbocycles. The second-order valence-electron chi connectivity index (χ2n) is 5.11. The summed E-state index contributed by atoms with van der Waals surface area (Å²) in [4.78, 5) is 18.4. The van der Waals surface area contributed by atoms with Gasteiger partial charge in [-0.25, -0.2) is 0 Å². The number of likely N-dealkylation sites (tertiary alicyclic amines) is 1. The highest BCUT2D eigenvalue weighted by atomic mass is 16.2. The molecule has 1 aliphatic heterocycles. The van der Waals surface area contributed by atoms with Crippen LogP contribution in [0.5, 0.6) is 0 Å². The molecule has 0 spiro atoms. The highest BCUT2D eigenvalue weighted by Crippen LogP contribution is 2.18. The predicted molar refractivity (Wildman–Crippen MR) is 76.2 cm³/mol. The number of pyridine rings is 1. The number of nitrogens with zero attached hydrogens (tertiary/aromatic N) is 3. The molecular formula is C15H18N4O. The molecule has 1 amide bonds. The van der Waals surface area contributed by atoms with Gasteiger partial charge in [0.05, 0.1) is 5.69 Å². The van der Waals surface area contributed by atoms with Crippen LogP contribution >= 0.6 is 0 Å². The third-order valence-corrected chi connectivity index (χ3v) is 3.66. The Morgan fingerprint density at radius 1 is 1.20 bits per heavy atom. The van der Waals surface area contributed by atoms with Gasteiger partial charge in [-0.2, -0.15) is 5.10 Å². The summed E-state index contributed by atoms with van der Waals surface area (Å²) < 4.78 is 0. The molecule has 5 heteroatoms. The average molecular weight is 270 g/mol. The van der Waals surface area contributed by atoms with Gasteiger partial charge in [0, 0.05) is 31.0 Å². The molecule has 104 valence electrons. The number of H-pyrrole nitrogens is 1. The fraction of sp³-hybridized carbons (Fsp3) is 0.400. The first-order valence-corrected chi connectivity index (χ1v) is 7.10. The molecule has 20 heavy (non-hydrogen) atoms. The van der Waals surface area contributed by atoms with Crippen molar-refractivity contribution in [3.05, 3.63) is 36.3 Å². The van der Waals surface area contributed by atoms with Gasteiger partial charge in [-0.05, 0) is 31.0 Å². The molecule has 0 radical (unpaired) electrons. The highest BCUT2D eigenvalue weighted by molar-refractivity contribution is 5.93. The first-order chi connectivity index (χ1) is 9.84. The summed E-state index contributed by atoms with van der Waals surface area (Å²) in [5.41, 5.74) is 2.24. The van der Waals surface area contributed by atoms with Gasteiger partial charge in [0.1, 0.15) is 5.69 Å². The molecule has 3 rings (SSSR count). The Morgan fingerprint density at radius 2 is 2.00 bits per heavy atom. The van der Waals surface area contributed by atoms with Crippen molar-refractivity contribution in [2.24, 2.45) is 0 Å². The summed E-state index contributed by atoms with van der Waals surface area (Å²) in [6, 6.07) is 5.61. The first-order valence-electron chi connectivity index (χ1n) is 7.10. The lowest BCUT2D eigenvalue weighted by Crippen LogP contribution is -2.32. The smallest absolute Gasteiger partial charge is 0.271 e. The lowest BCUT2D eigenvalue weighted by atomic mass is 10.2. The minimum Gasteiger partial charge on any atom is -0.337 e. The molecule has 2 aromatic heterocycles. The van der Waals surface area contributed by atoms with E-state index in [9.17, 15) is 4.79 Å². The molecule has 0 aromatic carbocycles. The average Bonchev–Trinajstić information content (AvgIpc) is 2.83. The van der Waals surface area contributed by atoms with Gasteiger partial charge in [0.2, 0.25) is 0 Å². The molecule has 5 nitrogen and oxygen atoms in total. The third kappa shape index (κ3) is 2.71. The van der Waals surface area contributed by atoms with Crippen LogP contribution in [0.1, 0.15) is 36.2 Å². The Balaban J connectivity index is 1.77. The summed E-state index contributed by atoms with van der Waals surface area (Å²) in [7, 11) is 0. The number of carbonyl (C=O) groups excluding carboxylic acids is 1. The molecule has 0 atom stereocenters. The van der Waals surface area contributed by atoms with E-state index in [1.54, 1.807) is 12.4 Å². The number of nitrogens with one attached hydrogen (secondary N) is 1. The number of carbonyl (C=O) groups is 1. The normalized spacial score (nSPS) is 15.9. The highest BCUT2D eigenvalue weighted by Gasteiger charge is 2.19. The minimum absolute atomic E-state index is 0.0505. The van der Waals surface area contributed by atoms with E-state index in [0.717, 1.165) is 37.2 Å². The van der Waals surface area contributed by atoms with E-state index < -0.39 is 0 Å². The molecule has 1 N–H and O–H groups in total. The van der Waals surface area contributed by atoms with Crippen LogP contribution in [0.4, 0.5) is 0 Å². The van der Waals surface area contributed by atoms with Gasteiger partial charge in [-0.15, -0.1) is 0 Å². The molecule has 1 aliphatic rings. The summed E-state index contributed by atoms with van der Waals surface area (Å²) in [5.74, 6) is 0.0505. The number of hydrogen-bond acceptors (Lipinski definition) is 3. The van der Waals surface area contributed by atoms with Crippen LogP contribution in [0.2, 0.25) is 0 Å². The van der Waals surface area contributed by atoms with E-state index in [0.29, 0.717) is 5.69 Å². The maximum absolute atomic E-state index is 12.4. The van der Waals surface area contributed by atoms with Crippen LogP contribution < -0.4 is 0 Å². The van der Waals surface area contributed by atoms with Crippen LogP contribution in [0.3, 0.4) is 0 Å². The van der Waals surface area contributed by atoms with E-state index in [4.69, 9.17) is 0 Å². The van der Waals surface area contributed by atoms with E-state index in [1.807, 2.05) is 23.1 Å². The van der Waals surface area contributed by atoms with E-state index in [1.165, 1.54) is 12.8 Å². The SMILES string of the molecule is O=C(c1cc(-c2cccnc2)n[nH]1)N1CCCCCC1. The number of rotatable bonds is 2. The Morgan fingerprint density at radius 3 is 2.70 bits per heavy atom. The van der Waals surface area contributed by atoms with Crippen LogP contribution in [0, 0.1) is 0 Å². The van der Waals surface area contributed by atoms with E-state index >= 15 is 0 Å². The van der Waals surface area contributed by atoms with E-state index in [-0.39, 0.29) is 5.91 Å². The van der Waals surface area contributed by atoms with Crippen molar-refractivity contribution >= 4 is 5.91 Å². The lowest BCUT2D eigenvalue weighted by molar-refractivity contribution is 0.0755. The monoisotopic (exact) mass is 270 g/mol. The van der Waals surface area contributed by atoms with Gasteiger partial charge >= 0.3 is 0 Å². The summed E-state index contributed by atoms with van der Waals surface area (Å²) >= 11 is 0. The van der Waals surface area contributed by atoms with Crippen molar-refractivity contribution in [1.82, 2.24) is 20.1 Å². The number of amides is 1. The maximum atomic E-state index is 12.4. The second kappa shape index (κ2) is 5.86. The van der Waals surface area contributed by atoms with Crippen molar-refractivity contribution < 1.29 is 4.79 Å².